The van der Waals surface area contributed by atoms with Crippen LogP contribution in [0.15, 0.2) is 48.9 Å². The number of halogens is 1. The van der Waals surface area contributed by atoms with Gasteiger partial charge in [0.2, 0.25) is 5.91 Å². The van der Waals surface area contributed by atoms with E-state index < -0.39 is 6.04 Å². The first kappa shape index (κ1) is 16.7. The number of amides is 1. The molecule has 1 N–H and O–H groups in total. The molecule has 0 fully saturated rings. The van der Waals surface area contributed by atoms with Gasteiger partial charge in [-0.15, -0.1) is 0 Å². The third-order valence-electron chi connectivity index (χ3n) is 3.71. The van der Waals surface area contributed by atoms with Crippen LogP contribution < -0.4 is 5.32 Å². The summed E-state index contributed by atoms with van der Waals surface area (Å²) >= 11 is 5.89. The molecule has 0 aliphatic rings. The van der Waals surface area contributed by atoms with Crippen molar-refractivity contribution in [2.75, 3.05) is 5.32 Å². The lowest BCUT2D eigenvalue weighted by Gasteiger charge is -2.16. The molecule has 0 bridgehead atoms. The van der Waals surface area contributed by atoms with Gasteiger partial charge >= 0.3 is 0 Å². The quantitative estimate of drug-likeness (QED) is 0.762. The first-order chi connectivity index (χ1) is 12.1. The zero-order valence-electron chi connectivity index (χ0n) is 13.4. The van der Waals surface area contributed by atoms with Gasteiger partial charge < -0.3 is 5.32 Å². The average molecular weight is 355 g/mol. The molecule has 1 amide bonds. The smallest absolute Gasteiger partial charge is 0.250 e. The van der Waals surface area contributed by atoms with Gasteiger partial charge in [-0.05, 0) is 18.6 Å². The Labute approximate surface area is 149 Å². The summed E-state index contributed by atoms with van der Waals surface area (Å²) in [4.78, 5) is 12.7. The number of aromatic nitrogens is 4. The molecule has 7 nitrogen and oxygen atoms in total. The summed E-state index contributed by atoms with van der Waals surface area (Å²) in [5.74, 6) is 0.0341. The molecule has 8 heteroatoms. The average Bonchev–Trinajstić information content (AvgIpc) is 3.22. The van der Waals surface area contributed by atoms with Gasteiger partial charge in [-0.3, -0.25) is 9.48 Å². The molecule has 0 aliphatic carbocycles. The minimum absolute atomic E-state index is 0.283. The van der Waals surface area contributed by atoms with Gasteiger partial charge in [-0.25, -0.2) is 4.68 Å². The van der Waals surface area contributed by atoms with E-state index in [0.29, 0.717) is 17.3 Å². The van der Waals surface area contributed by atoms with E-state index >= 15 is 0 Å². The Balaban J connectivity index is 1.93. The van der Waals surface area contributed by atoms with E-state index in [1.54, 1.807) is 6.20 Å². The Morgan fingerprint density at radius 1 is 1.32 bits per heavy atom. The minimum atomic E-state index is -0.543. The van der Waals surface area contributed by atoms with Crippen LogP contribution in [0.1, 0.15) is 24.9 Å². The molecule has 0 aliphatic heterocycles. The van der Waals surface area contributed by atoms with Crippen LogP contribution in [0.3, 0.4) is 0 Å². The van der Waals surface area contributed by atoms with Crippen molar-refractivity contribution in [1.29, 1.82) is 5.26 Å². The number of para-hydroxylation sites is 1. The molecule has 25 heavy (non-hydrogen) atoms. The molecule has 1 unspecified atom stereocenters. The molecule has 0 saturated carbocycles. The van der Waals surface area contributed by atoms with Gasteiger partial charge in [-0.1, -0.05) is 36.7 Å². The number of anilines is 1. The molecule has 2 aromatic heterocycles. The van der Waals surface area contributed by atoms with Gasteiger partial charge in [0.15, 0.2) is 5.82 Å². The predicted molar refractivity (Wildman–Crippen MR) is 93.5 cm³/mol. The highest BCUT2D eigenvalue weighted by Crippen LogP contribution is 2.22. The van der Waals surface area contributed by atoms with E-state index in [1.165, 1.54) is 21.8 Å². The summed E-state index contributed by atoms with van der Waals surface area (Å²) in [6.07, 6.45) is 5.01. The van der Waals surface area contributed by atoms with E-state index in [0.717, 1.165) is 5.69 Å². The number of benzene rings is 1. The first-order valence-corrected chi connectivity index (χ1v) is 8.06. The Morgan fingerprint density at radius 2 is 2.08 bits per heavy atom. The fourth-order valence-electron chi connectivity index (χ4n) is 2.49. The van der Waals surface area contributed by atoms with Crippen molar-refractivity contribution in [2.24, 2.45) is 0 Å². The molecular formula is C17H15ClN6O. The van der Waals surface area contributed by atoms with Gasteiger partial charge in [0.25, 0.3) is 0 Å². The van der Waals surface area contributed by atoms with Gasteiger partial charge in [0.05, 0.1) is 23.1 Å². The summed E-state index contributed by atoms with van der Waals surface area (Å²) < 4.78 is 3.03. The lowest BCUT2D eigenvalue weighted by molar-refractivity contribution is -0.119. The number of hydrogen-bond donors (Lipinski definition) is 1. The highest BCUT2D eigenvalue weighted by molar-refractivity contribution is 6.30. The number of nitriles is 1. The molecule has 0 radical (unpaired) electrons. The van der Waals surface area contributed by atoms with Crippen molar-refractivity contribution < 1.29 is 4.79 Å². The molecular weight excluding hydrogens is 340 g/mol. The SMILES string of the molecule is CCC(C(=O)Nc1c(C#N)cnn1-c1ccccc1)n1cc(Cl)cn1. The standard InChI is InChI=1S/C17H15ClN6O/c1-2-15(23-11-13(18)10-20-23)17(25)22-16-12(8-19)9-21-24(16)14-6-4-3-5-7-14/h3-7,9-11,15H,2H2,1H3,(H,22,25). The van der Waals surface area contributed by atoms with Gasteiger partial charge in [0.1, 0.15) is 17.7 Å². The normalized spacial score (nSPS) is 11.7. The molecule has 1 atom stereocenters. The number of nitrogens with zero attached hydrogens (tertiary/aromatic N) is 5. The van der Waals surface area contributed by atoms with Crippen LogP contribution in [-0.4, -0.2) is 25.5 Å². The highest BCUT2D eigenvalue weighted by atomic mass is 35.5. The second kappa shape index (κ2) is 7.20. The minimum Gasteiger partial charge on any atom is -0.308 e. The number of nitrogens with one attached hydrogen (secondary N) is 1. The van der Waals surface area contributed by atoms with E-state index in [4.69, 9.17) is 11.6 Å². The van der Waals surface area contributed by atoms with Crippen molar-refractivity contribution in [3.05, 3.63) is 59.5 Å². The molecule has 0 spiro atoms. The van der Waals surface area contributed by atoms with E-state index in [-0.39, 0.29) is 11.5 Å². The fourth-order valence-corrected chi connectivity index (χ4v) is 2.64. The zero-order valence-corrected chi connectivity index (χ0v) is 14.2. The number of carbonyl (C=O) groups excluding carboxylic acids is 1. The molecule has 126 valence electrons. The van der Waals surface area contributed by atoms with E-state index in [1.807, 2.05) is 37.3 Å². The molecule has 1 aromatic carbocycles. The number of rotatable bonds is 5. The fraction of sp³-hybridized carbons (Fsp3) is 0.176. The van der Waals surface area contributed by atoms with Crippen molar-refractivity contribution in [1.82, 2.24) is 19.6 Å². The summed E-state index contributed by atoms with van der Waals surface area (Å²) in [5, 5.41) is 20.9. The van der Waals surface area contributed by atoms with E-state index in [2.05, 4.69) is 21.6 Å². The highest BCUT2D eigenvalue weighted by Gasteiger charge is 2.23. The van der Waals surface area contributed by atoms with Crippen LogP contribution >= 0.6 is 11.6 Å². The van der Waals surface area contributed by atoms with Crippen LogP contribution in [0.5, 0.6) is 0 Å². The zero-order chi connectivity index (χ0) is 17.8. The number of hydrogen-bond acceptors (Lipinski definition) is 4. The summed E-state index contributed by atoms with van der Waals surface area (Å²) in [6, 6.07) is 10.8. The maximum absolute atomic E-state index is 12.7. The molecule has 3 rings (SSSR count). The van der Waals surface area contributed by atoms with Crippen molar-refractivity contribution in [3.8, 4) is 11.8 Å². The summed E-state index contributed by atoms with van der Waals surface area (Å²) in [6.45, 7) is 1.87. The van der Waals surface area contributed by atoms with E-state index in [9.17, 15) is 10.1 Å². The van der Waals surface area contributed by atoms with Crippen LogP contribution in [0.2, 0.25) is 5.02 Å². The van der Waals surface area contributed by atoms with Crippen LogP contribution in [-0.2, 0) is 4.79 Å². The molecule has 3 aromatic rings. The van der Waals surface area contributed by atoms with Crippen molar-refractivity contribution in [2.45, 2.75) is 19.4 Å². The maximum atomic E-state index is 12.7. The Bertz CT molecular complexity index is 924. The second-order valence-electron chi connectivity index (χ2n) is 5.32. The van der Waals surface area contributed by atoms with Crippen molar-refractivity contribution in [3.63, 3.8) is 0 Å². The Hall–Kier alpha value is -3.11. The summed E-state index contributed by atoms with van der Waals surface area (Å²) in [5.41, 5.74) is 1.03. The van der Waals surface area contributed by atoms with Gasteiger partial charge in [-0.2, -0.15) is 15.5 Å². The van der Waals surface area contributed by atoms with Crippen LogP contribution in [0.25, 0.3) is 5.69 Å². The third-order valence-corrected chi connectivity index (χ3v) is 3.91. The van der Waals surface area contributed by atoms with Crippen molar-refractivity contribution >= 4 is 23.3 Å². The topological polar surface area (TPSA) is 88.5 Å². The predicted octanol–water partition coefficient (Wildman–Crippen LogP) is 3.18. The first-order valence-electron chi connectivity index (χ1n) is 7.68. The monoisotopic (exact) mass is 354 g/mol. The second-order valence-corrected chi connectivity index (χ2v) is 5.75. The summed E-state index contributed by atoms with van der Waals surface area (Å²) in [7, 11) is 0. The molecule has 0 saturated heterocycles. The lowest BCUT2D eigenvalue weighted by Crippen LogP contribution is -2.27. The lowest BCUT2D eigenvalue weighted by atomic mass is 10.2. The van der Waals surface area contributed by atoms with Crippen LogP contribution in [0, 0.1) is 11.3 Å². The molecule has 2 heterocycles. The van der Waals surface area contributed by atoms with Crippen LogP contribution in [0.4, 0.5) is 5.82 Å². The Kier molecular flexibility index (Phi) is 4.82. The van der Waals surface area contributed by atoms with Gasteiger partial charge in [0, 0.05) is 6.20 Å². The largest absolute Gasteiger partial charge is 0.308 e. The maximum Gasteiger partial charge on any atom is 0.250 e. The third kappa shape index (κ3) is 3.39. The Morgan fingerprint density at radius 3 is 2.68 bits per heavy atom. The number of carbonyl (C=O) groups is 1.